The van der Waals surface area contributed by atoms with Gasteiger partial charge in [0.25, 0.3) is 0 Å². The molecule has 0 saturated heterocycles. The molecule has 0 atom stereocenters. The number of rotatable bonds is 2. The normalized spacial score (nSPS) is 13.5. The van der Waals surface area contributed by atoms with E-state index >= 15 is 0 Å². The number of halogens is 6. The van der Waals surface area contributed by atoms with Crippen molar-refractivity contribution in [1.82, 2.24) is 0 Å². The molecule has 100 valence electrons. The van der Waals surface area contributed by atoms with Crippen LogP contribution in [0.15, 0.2) is 0 Å². The molecule has 0 radical (unpaired) electrons. The molecule has 0 aliphatic rings. The van der Waals surface area contributed by atoms with Gasteiger partial charge in [-0.2, -0.15) is 26.3 Å². The summed E-state index contributed by atoms with van der Waals surface area (Å²) in [5.41, 5.74) is -12.4. The van der Waals surface area contributed by atoms with Crippen molar-refractivity contribution in [2.45, 2.75) is 11.0 Å². The Labute approximate surface area is 140 Å². The number of hydrogen-bond donors (Lipinski definition) is 0. The Morgan fingerprint density at radius 1 is 0.706 bits per heavy atom. The molecule has 0 saturated carbocycles. The summed E-state index contributed by atoms with van der Waals surface area (Å²) < 4.78 is 109. The average Bonchev–Trinajstić information content (AvgIpc) is 1.77. The van der Waals surface area contributed by atoms with Gasteiger partial charge < -0.3 is 9.60 Å². The maximum Gasteiger partial charge on any atom is 1.00 e. The molecule has 1 N–H and O–H groups in total. The maximum absolute atomic E-state index is 11.4. The van der Waals surface area contributed by atoms with Crippen LogP contribution in [0.4, 0.5) is 26.3 Å². The van der Waals surface area contributed by atoms with Gasteiger partial charge in [-0.05, 0) is 0 Å². The molecule has 0 aliphatic carbocycles. The first-order valence-corrected chi connectivity index (χ1v) is 5.45. The van der Waals surface area contributed by atoms with Gasteiger partial charge in [0.1, 0.15) is 0 Å². The zero-order chi connectivity index (χ0) is 12.7. The summed E-state index contributed by atoms with van der Waals surface area (Å²) in [5.74, 6) is 0. The number of sulfonamides is 2. The summed E-state index contributed by atoms with van der Waals surface area (Å²) in [6.07, 6.45) is 0. The fourth-order valence-corrected chi connectivity index (χ4v) is 1.92. The summed E-state index contributed by atoms with van der Waals surface area (Å²) in [4.78, 5) is 0. The minimum atomic E-state index is -6.72. The maximum atomic E-state index is 11.4. The van der Waals surface area contributed by atoms with Crippen LogP contribution in [0.3, 0.4) is 0 Å². The molecule has 0 aromatic rings. The third kappa shape index (κ3) is 6.26. The molecule has 0 aromatic heterocycles. The minimum absolute atomic E-state index is 0. The molecule has 0 rings (SSSR count). The van der Waals surface area contributed by atoms with E-state index in [0.717, 1.165) is 4.13 Å². The Morgan fingerprint density at radius 3 is 1.00 bits per heavy atom. The van der Waals surface area contributed by atoms with Crippen LogP contribution in [-0.2, 0) is 20.0 Å². The van der Waals surface area contributed by atoms with Crippen LogP contribution in [0.1, 0.15) is 0 Å². The summed E-state index contributed by atoms with van der Waals surface area (Å²) >= 11 is 0. The zero-order valence-electron chi connectivity index (χ0n) is 7.61. The van der Waals surface area contributed by atoms with Crippen LogP contribution < -0.4 is 58.2 Å². The number of hydrogen-bond acceptors (Lipinski definition) is 5. The first-order valence-electron chi connectivity index (χ1n) is 2.57. The van der Waals surface area contributed by atoms with Gasteiger partial charge in [-0.25, -0.2) is 16.8 Å². The van der Waals surface area contributed by atoms with Crippen molar-refractivity contribution < 1.29 is 107 Å². The summed E-state index contributed by atoms with van der Waals surface area (Å²) in [5, 5.41) is 0. The number of alkyl halides is 6. The topological polar surface area (TPSA) is 112 Å². The second-order valence-electron chi connectivity index (χ2n) is 1.92. The van der Waals surface area contributed by atoms with Crippen molar-refractivity contribution in [3.8, 4) is 0 Å². The Hall–Kier alpha value is 1.21. The average molecular weight is 383 g/mol. The molecule has 0 fully saturated rings. The first-order chi connectivity index (χ1) is 6.21. The molecule has 0 unspecified atom stereocenters. The van der Waals surface area contributed by atoms with Gasteiger partial charge in [-0.1, -0.05) is 0 Å². The van der Waals surface area contributed by atoms with E-state index in [1.807, 2.05) is 0 Å². The second kappa shape index (κ2) is 6.58. The molecule has 17 heavy (non-hydrogen) atoms. The first kappa shape index (κ1) is 23.3. The molecule has 0 aromatic carbocycles. The standard InChI is InChI=1S/C2F6NO4S2.H2O.Rb/c3-1(4,5)14(10,11)9-15(12,13)2(6,7)8;;/h;1H2;/q-1;;+1/p-1. The van der Waals surface area contributed by atoms with E-state index in [-0.39, 0.29) is 63.7 Å². The third-order valence-corrected chi connectivity index (χ3v) is 3.52. The van der Waals surface area contributed by atoms with Crippen LogP contribution in [0.25, 0.3) is 4.13 Å². The van der Waals surface area contributed by atoms with E-state index in [9.17, 15) is 43.2 Å². The van der Waals surface area contributed by atoms with Crippen LogP contribution in [0.5, 0.6) is 0 Å². The Morgan fingerprint density at radius 2 is 0.882 bits per heavy atom. The largest absolute Gasteiger partial charge is 1.00 e. The predicted molar refractivity (Wildman–Crippen MR) is 35.2 cm³/mol. The van der Waals surface area contributed by atoms with E-state index in [0.29, 0.717) is 0 Å². The van der Waals surface area contributed by atoms with E-state index in [1.54, 1.807) is 0 Å². The van der Waals surface area contributed by atoms with E-state index in [4.69, 9.17) is 0 Å². The van der Waals surface area contributed by atoms with Crippen LogP contribution in [0, 0.1) is 0 Å². The fraction of sp³-hybridized carbons (Fsp3) is 1.00. The molecule has 0 aliphatic heterocycles. The number of nitrogens with zero attached hydrogens (tertiary/aromatic N) is 1. The smallest absolute Gasteiger partial charge is 0.870 e. The fourth-order valence-electron chi connectivity index (χ4n) is 0.214. The monoisotopic (exact) mass is 382 g/mol. The van der Waals surface area contributed by atoms with Crippen molar-refractivity contribution in [2.75, 3.05) is 0 Å². The van der Waals surface area contributed by atoms with Crippen molar-refractivity contribution in [2.24, 2.45) is 0 Å². The van der Waals surface area contributed by atoms with Gasteiger partial charge in [-0.15, -0.1) is 0 Å². The molecular formula is C2HF6NO5RbS2-. The summed E-state index contributed by atoms with van der Waals surface area (Å²) in [7, 11) is -13.4. The summed E-state index contributed by atoms with van der Waals surface area (Å²) in [6.45, 7) is 0. The minimum Gasteiger partial charge on any atom is -0.870 e. The van der Waals surface area contributed by atoms with Gasteiger partial charge in [0.2, 0.25) is 0 Å². The quantitative estimate of drug-likeness (QED) is 0.507. The van der Waals surface area contributed by atoms with E-state index in [2.05, 4.69) is 0 Å². The van der Waals surface area contributed by atoms with E-state index < -0.39 is 31.1 Å². The Kier molecular flexibility index (Phi) is 9.02. The summed E-state index contributed by atoms with van der Waals surface area (Å²) in [6, 6.07) is 0. The van der Waals surface area contributed by atoms with Gasteiger partial charge in [0.05, 0.1) is 0 Å². The van der Waals surface area contributed by atoms with Crippen molar-refractivity contribution in [3.05, 3.63) is 4.13 Å². The van der Waals surface area contributed by atoms with Gasteiger partial charge in [0, 0.05) is 0 Å². The van der Waals surface area contributed by atoms with Crippen LogP contribution >= 0.6 is 0 Å². The van der Waals surface area contributed by atoms with Crippen molar-refractivity contribution in [3.63, 3.8) is 0 Å². The Bertz CT molecular complexity index is 392. The molecular weight excluding hydrogens is 382 g/mol. The van der Waals surface area contributed by atoms with Crippen LogP contribution in [0.2, 0.25) is 0 Å². The molecule has 15 heteroatoms. The Balaban J connectivity index is -0.000000980. The van der Waals surface area contributed by atoms with Crippen molar-refractivity contribution >= 4 is 20.0 Å². The van der Waals surface area contributed by atoms with Crippen molar-refractivity contribution in [1.29, 1.82) is 0 Å². The molecule has 0 bridgehead atoms. The molecule has 0 spiro atoms. The third-order valence-electron chi connectivity index (χ3n) is 0.781. The zero-order valence-corrected chi connectivity index (χ0v) is 14.2. The van der Waals surface area contributed by atoms with Gasteiger partial charge in [0.15, 0.2) is 20.0 Å². The second-order valence-corrected chi connectivity index (χ2v) is 5.34. The SMILES string of the molecule is O=S(=O)([N-]S(=O)(=O)C(F)(F)F)C(F)(F)F.[OH-].[Rb+]. The molecule has 0 heterocycles. The van der Waals surface area contributed by atoms with Crippen LogP contribution in [-0.4, -0.2) is 33.3 Å². The predicted octanol–water partition coefficient (Wildman–Crippen LogP) is -2.11. The van der Waals surface area contributed by atoms with Gasteiger partial charge in [-0.3, -0.25) is 0 Å². The molecule has 0 amide bonds. The van der Waals surface area contributed by atoms with E-state index in [1.165, 1.54) is 0 Å². The molecule has 6 nitrogen and oxygen atoms in total. The van der Waals surface area contributed by atoms with Gasteiger partial charge >= 0.3 is 69.2 Å².